The highest BCUT2D eigenvalue weighted by molar-refractivity contribution is 6.31. The third kappa shape index (κ3) is 3.14. The van der Waals surface area contributed by atoms with Crippen LogP contribution in [0, 0.1) is 19.7 Å². The molecule has 0 aliphatic carbocycles. The average molecular weight is 279 g/mol. The van der Waals surface area contributed by atoms with Crippen LogP contribution in [0.15, 0.2) is 36.4 Å². The molecule has 1 N–H and O–H groups in total. The average Bonchev–Trinajstić information content (AvgIpc) is 2.36. The molecule has 0 aromatic heterocycles. The molecule has 0 aliphatic rings. The van der Waals surface area contributed by atoms with Crippen LogP contribution in [0.4, 0.5) is 4.39 Å². The lowest BCUT2D eigenvalue weighted by atomic mass is 9.96. The van der Waals surface area contributed by atoms with Crippen molar-refractivity contribution in [2.45, 2.75) is 26.4 Å². The van der Waals surface area contributed by atoms with Gasteiger partial charge in [0.05, 0.1) is 6.10 Å². The topological polar surface area (TPSA) is 20.2 Å². The molecule has 0 aliphatic heterocycles. The molecule has 0 bridgehead atoms. The van der Waals surface area contributed by atoms with Crippen LogP contribution >= 0.6 is 11.6 Å². The number of aliphatic hydroxyl groups excluding tert-OH is 1. The van der Waals surface area contributed by atoms with E-state index in [2.05, 4.69) is 0 Å². The van der Waals surface area contributed by atoms with E-state index >= 15 is 0 Å². The molecule has 1 nitrogen and oxygen atoms in total. The minimum Gasteiger partial charge on any atom is -0.388 e. The van der Waals surface area contributed by atoms with Gasteiger partial charge in [0, 0.05) is 11.4 Å². The number of hydrogen-bond donors (Lipinski definition) is 1. The highest BCUT2D eigenvalue weighted by atomic mass is 35.5. The molecule has 2 rings (SSSR count). The van der Waals surface area contributed by atoms with Gasteiger partial charge in [-0.3, -0.25) is 0 Å². The van der Waals surface area contributed by atoms with Crippen molar-refractivity contribution in [1.29, 1.82) is 0 Å². The third-order valence-corrected chi connectivity index (χ3v) is 3.68. The van der Waals surface area contributed by atoms with Gasteiger partial charge in [0.1, 0.15) is 5.82 Å². The molecule has 2 aromatic carbocycles. The number of benzene rings is 2. The van der Waals surface area contributed by atoms with Crippen LogP contribution in [0.3, 0.4) is 0 Å². The molecule has 100 valence electrons. The lowest BCUT2D eigenvalue weighted by Crippen LogP contribution is -2.06. The van der Waals surface area contributed by atoms with E-state index in [0.29, 0.717) is 10.6 Å². The van der Waals surface area contributed by atoms with Crippen molar-refractivity contribution < 1.29 is 9.50 Å². The van der Waals surface area contributed by atoms with Crippen LogP contribution in [-0.4, -0.2) is 5.11 Å². The Morgan fingerprint density at radius 1 is 1.16 bits per heavy atom. The SMILES string of the molecule is Cc1cc(C(O)Cc2ccccc2F)c(C)cc1Cl. The molecule has 0 heterocycles. The Balaban J connectivity index is 2.28. The van der Waals surface area contributed by atoms with Crippen LogP contribution in [-0.2, 0) is 6.42 Å². The molecule has 2 aromatic rings. The van der Waals surface area contributed by atoms with Crippen molar-refractivity contribution in [2.24, 2.45) is 0 Å². The van der Waals surface area contributed by atoms with Crippen LogP contribution in [0.1, 0.15) is 28.4 Å². The van der Waals surface area contributed by atoms with E-state index < -0.39 is 6.10 Å². The van der Waals surface area contributed by atoms with Crippen molar-refractivity contribution in [1.82, 2.24) is 0 Å². The van der Waals surface area contributed by atoms with Gasteiger partial charge in [-0.15, -0.1) is 0 Å². The summed E-state index contributed by atoms with van der Waals surface area (Å²) in [5.41, 5.74) is 3.14. The summed E-state index contributed by atoms with van der Waals surface area (Å²) in [6.07, 6.45) is -0.470. The van der Waals surface area contributed by atoms with E-state index in [1.54, 1.807) is 18.2 Å². The second-order valence-electron chi connectivity index (χ2n) is 4.77. The molecule has 0 amide bonds. The summed E-state index contributed by atoms with van der Waals surface area (Å²) in [6, 6.07) is 10.2. The Kier molecular flexibility index (Phi) is 4.23. The molecule has 3 heteroatoms. The zero-order valence-corrected chi connectivity index (χ0v) is 11.7. The van der Waals surface area contributed by atoms with Gasteiger partial charge < -0.3 is 5.11 Å². The minimum absolute atomic E-state index is 0.259. The van der Waals surface area contributed by atoms with Crippen LogP contribution < -0.4 is 0 Å². The van der Waals surface area contributed by atoms with E-state index in [1.165, 1.54) is 6.07 Å². The van der Waals surface area contributed by atoms with Crippen molar-refractivity contribution >= 4 is 11.6 Å². The zero-order chi connectivity index (χ0) is 14.0. The summed E-state index contributed by atoms with van der Waals surface area (Å²) in [7, 11) is 0. The summed E-state index contributed by atoms with van der Waals surface area (Å²) in [4.78, 5) is 0. The Labute approximate surface area is 117 Å². The number of halogens is 2. The van der Waals surface area contributed by atoms with Gasteiger partial charge >= 0.3 is 0 Å². The lowest BCUT2D eigenvalue weighted by Gasteiger charge is -2.16. The van der Waals surface area contributed by atoms with E-state index in [4.69, 9.17) is 11.6 Å². The Hall–Kier alpha value is -1.38. The van der Waals surface area contributed by atoms with Crippen molar-refractivity contribution in [2.75, 3.05) is 0 Å². The fraction of sp³-hybridized carbons (Fsp3) is 0.250. The maximum absolute atomic E-state index is 13.6. The molecule has 0 spiro atoms. The van der Waals surface area contributed by atoms with Gasteiger partial charge in [-0.1, -0.05) is 35.9 Å². The maximum atomic E-state index is 13.6. The van der Waals surface area contributed by atoms with Crippen molar-refractivity contribution in [3.63, 3.8) is 0 Å². The smallest absolute Gasteiger partial charge is 0.126 e. The molecule has 0 fully saturated rings. The molecule has 0 saturated carbocycles. The fourth-order valence-electron chi connectivity index (χ4n) is 2.14. The van der Waals surface area contributed by atoms with E-state index in [-0.39, 0.29) is 12.2 Å². The zero-order valence-electron chi connectivity index (χ0n) is 11.0. The largest absolute Gasteiger partial charge is 0.388 e. The molecular weight excluding hydrogens is 263 g/mol. The quantitative estimate of drug-likeness (QED) is 0.884. The van der Waals surface area contributed by atoms with Gasteiger partial charge in [0.2, 0.25) is 0 Å². The van der Waals surface area contributed by atoms with Crippen molar-refractivity contribution in [3.8, 4) is 0 Å². The highest BCUT2D eigenvalue weighted by Gasteiger charge is 2.14. The predicted molar refractivity (Wildman–Crippen MR) is 76.0 cm³/mol. The number of aryl methyl sites for hydroxylation is 2. The first kappa shape index (κ1) is 14.0. The maximum Gasteiger partial charge on any atom is 0.126 e. The van der Waals surface area contributed by atoms with E-state index in [9.17, 15) is 9.50 Å². The first-order valence-corrected chi connectivity index (χ1v) is 6.55. The molecular formula is C16H16ClFO. The predicted octanol–water partition coefficient (Wildman–Crippen LogP) is 4.37. The molecule has 1 unspecified atom stereocenters. The summed E-state index contributed by atoms with van der Waals surface area (Å²) in [5, 5.41) is 11.0. The van der Waals surface area contributed by atoms with E-state index in [1.807, 2.05) is 26.0 Å². The number of hydrogen-bond acceptors (Lipinski definition) is 1. The van der Waals surface area contributed by atoms with Gasteiger partial charge in [-0.2, -0.15) is 0 Å². The van der Waals surface area contributed by atoms with Crippen LogP contribution in [0.2, 0.25) is 5.02 Å². The first-order valence-electron chi connectivity index (χ1n) is 6.17. The molecule has 0 saturated heterocycles. The van der Waals surface area contributed by atoms with Gasteiger partial charge in [-0.05, 0) is 48.2 Å². The summed E-state index contributed by atoms with van der Waals surface area (Å²) in [6.45, 7) is 3.78. The summed E-state index contributed by atoms with van der Waals surface area (Å²) < 4.78 is 13.6. The Bertz CT molecular complexity index is 595. The molecule has 19 heavy (non-hydrogen) atoms. The second-order valence-corrected chi connectivity index (χ2v) is 5.18. The third-order valence-electron chi connectivity index (χ3n) is 3.28. The Morgan fingerprint density at radius 2 is 1.84 bits per heavy atom. The van der Waals surface area contributed by atoms with Crippen LogP contribution in [0.25, 0.3) is 0 Å². The van der Waals surface area contributed by atoms with E-state index in [0.717, 1.165) is 16.7 Å². The highest BCUT2D eigenvalue weighted by Crippen LogP contribution is 2.27. The van der Waals surface area contributed by atoms with Crippen molar-refractivity contribution in [3.05, 3.63) is 69.5 Å². The first-order chi connectivity index (χ1) is 8.99. The monoisotopic (exact) mass is 278 g/mol. The summed E-state index contributed by atoms with van der Waals surface area (Å²) >= 11 is 6.03. The minimum atomic E-state index is -0.729. The standard InChI is InChI=1S/C16H16ClFO/c1-10-8-14(17)11(2)7-13(10)16(19)9-12-5-3-4-6-15(12)18/h3-8,16,19H,9H2,1-2H3. The molecule has 0 radical (unpaired) electrons. The molecule has 1 atom stereocenters. The number of rotatable bonds is 3. The van der Waals surface area contributed by atoms with Gasteiger partial charge in [0.25, 0.3) is 0 Å². The lowest BCUT2D eigenvalue weighted by molar-refractivity contribution is 0.176. The number of aliphatic hydroxyl groups is 1. The normalized spacial score (nSPS) is 12.5. The van der Waals surface area contributed by atoms with Crippen LogP contribution in [0.5, 0.6) is 0 Å². The Morgan fingerprint density at radius 3 is 2.53 bits per heavy atom. The van der Waals surface area contributed by atoms with Gasteiger partial charge in [-0.25, -0.2) is 4.39 Å². The van der Waals surface area contributed by atoms with Gasteiger partial charge in [0.15, 0.2) is 0 Å². The fourth-order valence-corrected chi connectivity index (χ4v) is 2.36. The second kappa shape index (κ2) is 5.72. The summed E-state index contributed by atoms with van der Waals surface area (Å²) in [5.74, 6) is -0.287.